The van der Waals surface area contributed by atoms with Gasteiger partial charge in [0.25, 0.3) is 0 Å². The van der Waals surface area contributed by atoms with E-state index < -0.39 is 45.1 Å². The Morgan fingerprint density at radius 3 is 1.93 bits per heavy atom. The van der Waals surface area contributed by atoms with Crippen LogP contribution in [0.15, 0.2) is 47.4 Å². The Hall–Kier alpha value is -2.92. The molecule has 2 aromatic rings. The summed E-state index contributed by atoms with van der Waals surface area (Å²) in [6.07, 6.45) is -4.66. The molecule has 0 aliphatic carbocycles. The molecular formula is C19H18F3NO6S. The first kappa shape index (κ1) is 23.4. The molecule has 0 amide bonds. The van der Waals surface area contributed by atoms with Crippen molar-refractivity contribution in [2.75, 3.05) is 21.3 Å². The smallest absolute Gasteiger partial charge is 0.416 e. The van der Waals surface area contributed by atoms with Crippen LogP contribution in [0.4, 0.5) is 13.2 Å². The average molecular weight is 445 g/mol. The van der Waals surface area contributed by atoms with Crippen molar-refractivity contribution < 1.29 is 40.7 Å². The minimum atomic E-state index is -4.66. The number of hydrogen-bond donors (Lipinski definition) is 0. The van der Waals surface area contributed by atoms with Crippen LogP contribution < -0.4 is 0 Å². The zero-order valence-corrected chi connectivity index (χ0v) is 17.0. The molecule has 11 heteroatoms. The second-order valence-electron chi connectivity index (χ2n) is 6.15. The monoisotopic (exact) mass is 445 g/mol. The van der Waals surface area contributed by atoms with E-state index in [0.717, 1.165) is 45.5 Å². The summed E-state index contributed by atoms with van der Waals surface area (Å²) >= 11 is 0. The Bertz CT molecular complexity index is 1030. The zero-order chi connectivity index (χ0) is 22.7. The fourth-order valence-electron chi connectivity index (χ4n) is 2.66. The van der Waals surface area contributed by atoms with Crippen LogP contribution in [-0.2, 0) is 32.2 Å². The summed E-state index contributed by atoms with van der Waals surface area (Å²) in [7, 11) is -1.15. The number of nitrogens with zero attached hydrogens (tertiary/aromatic N) is 1. The van der Waals surface area contributed by atoms with Gasteiger partial charge in [-0.05, 0) is 29.8 Å². The summed E-state index contributed by atoms with van der Waals surface area (Å²) < 4.78 is 75.4. The van der Waals surface area contributed by atoms with E-state index in [9.17, 15) is 31.2 Å². The van der Waals surface area contributed by atoms with Gasteiger partial charge in [-0.3, -0.25) is 0 Å². The number of alkyl halides is 3. The number of halogens is 3. The van der Waals surface area contributed by atoms with Crippen LogP contribution in [0.1, 0.15) is 31.8 Å². The number of esters is 2. The van der Waals surface area contributed by atoms with Gasteiger partial charge >= 0.3 is 18.1 Å². The predicted molar refractivity (Wildman–Crippen MR) is 99.2 cm³/mol. The number of carbonyl (C=O) groups excluding carboxylic acids is 2. The number of sulfonamides is 1. The Balaban J connectivity index is 2.51. The molecule has 162 valence electrons. The molecule has 0 heterocycles. The van der Waals surface area contributed by atoms with E-state index in [4.69, 9.17) is 0 Å². The van der Waals surface area contributed by atoms with Gasteiger partial charge in [-0.15, -0.1) is 0 Å². The number of rotatable bonds is 6. The summed E-state index contributed by atoms with van der Waals surface area (Å²) in [5, 5.41) is 0. The first-order valence-corrected chi connectivity index (χ1v) is 9.79. The van der Waals surface area contributed by atoms with Crippen molar-refractivity contribution in [1.29, 1.82) is 0 Å². The summed E-state index contributed by atoms with van der Waals surface area (Å²) in [5.74, 6) is -1.80. The van der Waals surface area contributed by atoms with Crippen molar-refractivity contribution in [2.45, 2.75) is 17.6 Å². The third kappa shape index (κ3) is 4.97. The van der Waals surface area contributed by atoms with Crippen LogP contribution in [0.25, 0.3) is 0 Å². The Morgan fingerprint density at radius 1 is 0.967 bits per heavy atom. The molecule has 0 aromatic heterocycles. The highest BCUT2D eigenvalue weighted by atomic mass is 32.2. The largest absolute Gasteiger partial charge is 0.465 e. The van der Waals surface area contributed by atoms with Crippen molar-refractivity contribution in [2.24, 2.45) is 0 Å². The Kier molecular flexibility index (Phi) is 6.88. The maximum Gasteiger partial charge on any atom is 0.416 e. The second-order valence-corrected chi connectivity index (χ2v) is 8.19. The second kappa shape index (κ2) is 8.84. The van der Waals surface area contributed by atoms with Gasteiger partial charge in [-0.25, -0.2) is 18.0 Å². The molecule has 0 N–H and O–H groups in total. The molecule has 0 saturated heterocycles. The SMILES string of the molecule is COC(=O)c1cc(C(=O)OC)cc(S(=O)(=O)N(C)Cc2ccccc2C(F)(F)F)c1. The standard InChI is InChI=1S/C19H18F3NO6S/c1-23(11-12-6-4-5-7-16(12)19(20,21)22)30(26,27)15-9-13(17(24)28-2)8-14(10-15)18(25)29-3/h4-10H,11H2,1-3H3. The minimum absolute atomic E-state index is 0.233. The van der Waals surface area contributed by atoms with Gasteiger partial charge in [0, 0.05) is 13.6 Å². The molecule has 0 spiro atoms. The number of methoxy groups -OCH3 is 2. The first-order valence-electron chi connectivity index (χ1n) is 8.35. The van der Waals surface area contributed by atoms with Crippen molar-refractivity contribution in [3.8, 4) is 0 Å². The highest BCUT2D eigenvalue weighted by Crippen LogP contribution is 2.33. The molecule has 0 saturated carbocycles. The van der Waals surface area contributed by atoms with E-state index in [2.05, 4.69) is 9.47 Å². The molecule has 0 fully saturated rings. The molecule has 2 rings (SSSR count). The summed E-state index contributed by atoms with van der Waals surface area (Å²) in [4.78, 5) is 23.3. The topological polar surface area (TPSA) is 90.0 Å². The third-order valence-electron chi connectivity index (χ3n) is 4.17. The van der Waals surface area contributed by atoms with Crippen molar-refractivity contribution in [3.63, 3.8) is 0 Å². The van der Waals surface area contributed by atoms with E-state index in [1.165, 1.54) is 18.2 Å². The van der Waals surface area contributed by atoms with E-state index in [1.807, 2.05) is 0 Å². The van der Waals surface area contributed by atoms with Gasteiger partial charge in [0.15, 0.2) is 0 Å². The van der Waals surface area contributed by atoms with Crippen LogP contribution in [0.3, 0.4) is 0 Å². The van der Waals surface area contributed by atoms with Crippen molar-refractivity contribution >= 4 is 22.0 Å². The summed E-state index contributed by atoms with van der Waals surface area (Å²) in [6.45, 7) is -0.589. The van der Waals surface area contributed by atoms with Crippen LogP contribution in [0.2, 0.25) is 0 Å². The van der Waals surface area contributed by atoms with Gasteiger partial charge in [-0.2, -0.15) is 17.5 Å². The van der Waals surface area contributed by atoms with Crippen LogP contribution in [0.5, 0.6) is 0 Å². The highest BCUT2D eigenvalue weighted by molar-refractivity contribution is 7.89. The quantitative estimate of drug-likeness (QED) is 0.635. The number of ether oxygens (including phenoxy) is 2. The summed E-state index contributed by atoms with van der Waals surface area (Å²) in [6, 6.07) is 7.61. The minimum Gasteiger partial charge on any atom is -0.465 e. The molecular weight excluding hydrogens is 427 g/mol. The molecule has 0 unspecified atom stereocenters. The number of benzene rings is 2. The molecule has 0 aliphatic heterocycles. The maximum atomic E-state index is 13.2. The van der Waals surface area contributed by atoms with Crippen molar-refractivity contribution in [1.82, 2.24) is 4.31 Å². The lowest BCUT2D eigenvalue weighted by Crippen LogP contribution is -2.28. The molecule has 0 atom stereocenters. The molecule has 0 bridgehead atoms. The average Bonchev–Trinajstić information content (AvgIpc) is 2.71. The molecule has 0 aliphatic rings. The number of carbonyl (C=O) groups is 2. The lowest BCUT2D eigenvalue weighted by atomic mass is 10.1. The Labute approximate surface area is 171 Å². The highest BCUT2D eigenvalue weighted by Gasteiger charge is 2.34. The van der Waals surface area contributed by atoms with Crippen LogP contribution >= 0.6 is 0 Å². The van der Waals surface area contributed by atoms with Crippen molar-refractivity contribution in [3.05, 3.63) is 64.7 Å². The zero-order valence-electron chi connectivity index (χ0n) is 16.2. The maximum absolute atomic E-state index is 13.2. The lowest BCUT2D eigenvalue weighted by molar-refractivity contribution is -0.138. The van der Waals surface area contributed by atoms with E-state index in [0.29, 0.717) is 4.31 Å². The fraction of sp³-hybridized carbons (Fsp3) is 0.263. The predicted octanol–water partition coefficient (Wildman–Crippen LogP) is 3.10. The first-order chi connectivity index (χ1) is 13.9. The van der Waals surface area contributed by atoms with Crippen LogP contribution in [0, 0.1) is 0 Å². The van der Waals surface area contributed by atoms with E-state index in [1.54, 1.807) is 0 Å². The molecule has 0 radical (unpaired) electrons. The van der Waals surface area contributed by atoms with Gasteiger partial charge in [0.2, 0.25) is 10.0 Å². The lowest BCUT2D eigenvalue weighted by Gasteiger charge is -2.20. The van der Waals surface area contributed by atoms with Crippen LogP contribution in [-0.4, -0.2) is 45.9 Å². The van der Waals surface area contributed by atoms with Gasteiger partial charge in [0.1, 0.15) is 0 Å². The number of hydrogen-bond acceptors (Lipinski definition) is 6. The van der Waals surface area contributed by atoms with E-state index in [-0.39, 0.29) is 16.7 Å². The summed E-state index contributed by atoms with van der Waals surface area (Å²) in [5.41, 5.74) is -1.69. The van der Waals surface area contributed by atoms with Gasteiger partial charge < -0.3 is 9.47 Å². The third-order valence-corrected chi connectivity index (χ3v) is 5.95. The fourth-order valence-corrected chi connectivity index (χ4v) is 3.88. The molecule has 7 nitrogen and oxygen atoms in total. The van der Waals surface area contributed by atoms with Gasteiger partial charge in [0.05, 0.1) is 35.8 Å². The normalized spacial score (nSPS) is 12.0. The molecule has 30 heavy (non-hydrogen) atoms. The Morgan fingerprint density at radius 2 is 1.47 bits per heavy atom. The van der Waals surface area contributed by atoms with Gasteiger partial charge in [-0.1, -0.05) is 18.2 Å². The van der Waals surface area contributed by atoms with E-state index >= 15 is 0 Å². The molecule has 2 aromatic carbocycles.